The van der Waals surface area contributed by atoms with Crippen LogP contribution < -0.4 is 5.32 Å². The van der Waals surface area contributed by atoms with Gasteiger partial charge in [0.25, 0.3) is 0 Å². The number of halogens is 1. The Morgan fingerprint density at radius 1 is 1.04 bits per heavy atom. The molecule has 3 aromatic rings. The molecule has 0 radical (unpaired) electrons. The summed E-state index contributed by atoms with van der Waals surface area (Å²) in [6, 6.07) is 19.8. The van der Waals surface area contributed by atoms with Gasteiger partial charge in [0.1, 0.15) is 5.03 Å². The molecule has 3 rings (SSSR count). The molecule has 0 bridgehead atoms. The second kappa shape index (κ2) is 8.48. The molecular weight excluding hydrogens is 368 g/mol. The van der Waals surface area contributed by atoms with E-state index < -0.39 is 0 Å². The molecule has 1 heterocycles. The highest BCUT2D eigenvalue weighted by atomic mass is 35.5. The third kappa shape index (κ3) is 4.82. The summed E-state index contributed by atoms with van der Waals surface area (Å²) < 4.78 is 0. The molecule has 128 valence electrons. The summed E-state index contributed by atoms with van der Waals surface area (Å²) in [4.78, 5) is 12.0. The van der Waals surface area contributed by atoms with Gasteiger partial charge in [-0.2, -0.15) is 5.26 Å². The maximum Gasteiger partial charge on any atom is 0.234 e. The first-order valence-electron chi connectivity index (χ1n) is 7.66. The minimum Gasteiger partial charge on any atom is -0.325 e. The number of anilines is 1. The van der Waals surface area contributed by atoms with Crippen molar-refractivity contribution in [3.63, 3.8) is 0 Å². The first-order valence-corrected chi connectivity index (χ1v) is 9.03. The molecule has 0 spiro atoms. The lowest BCUT2D eigenvalue weighted by molar-refractivity contribution is -0.113. The van der Waals surface area contributed by atoms with E-state index in [9.17, 15) is 4.79 Å². The van der Waals surface area contributed by atoms with E-state index >= 15 is 0 Å². The SMILES string of the molecule is N#Cc1ccc(NC(=O)CSc2ccc(-c3ccc(Cl)cc3)nn2)cc1. The third-order valence-corrected chi connectivity index (χ3v) is 4.60. The van der Waals surface area contributed by atoms with E-state index in [1.807, 2.05) is 30.3 Å². The number of aromatic nitrogens is 2. The fraction of sp³-hybridized carbons (Fsp3) is 0.0526. The molecule has 0 saturated heterocycles. The van der Waals surface area contributed by atoms with Gasteiger partial charge in [0.15, 0.2) is 0 Å². The van der Waals surface area contributed by atoms with E-state index in [2.05, 4.69) is 15.5 Å². The molecule has 2 aromatic carbocycles. The predicted molar refractivity (Wildman–Crippen MR) is 103 cm³/mol. The number of hydrogen-bond donors (Lipinski definition) is 1. The minimum atomic E-state index is -0.150. The van der Waals surface area contributed by atoms with Crippen LogP contribution in [0.3, 0.4) is 0 Å². The van der Waals surface area contributed by atoms with Crippen molar-refractivity contribution in [2.45, 2.75) is 5.03 Å². The Bertz CT molecular complexity index is 935. The molecule has 7 heteroatoms. The lowest BCUT2D eigenvalue weighted by Crippen LogP contribution is -2.14. The van der Waals surface area contributed by atoms with Gasteiger partial charge < -0.3 is 5.32 Å². The van der Waals surface area contributed by atoms with E-state index in [0.717, 1.165) is 11.3 Å². The Labute approximate surface area is 160 Å². The number of rotatable bonds is 5. The summed E-state index contributed by atoms with van der Waals surface area (Å²) in [5.41, 5.74) is 2.87. The lowest BCUT2D eigenvalue weighted by atomic mass is 10.1. The standard InChI is InChI=1S/C19H13ClN4OS/c20-15-5-3-14(4-6-15)17-9-10-19(24-23-17)26-12-18(25)22-16-7-1-13(11-21)2-8-16/h1-10H,12H2,(H,22,25). The Kier molecular flexibility index (Phi) is 5.84. The summed E-state index contributed by atoms with van der Waals surface area (Å²) in [6.07, 6.45) is 0. The van der Waals surface area contributed by atoms with Gasteiger partial charge in [0.05, 0.1) is 23.1 Å². The average molecular weight is 381 g/mol. The second-order valence-electron chi connectivity index (χ2n) is 5.29. The quantitative estimate of drug-likeness (QED) is 0.663. The van der Waals surface area contributed by atoms with Crippen molar-refractivity contribution < 1.29 is 4.79 Å². The molecule has 1 amide bonds. The Hall–Kier alpha value is -2.88. The van der Waals surface area contributed by atoms with Crippen molar-refractivity contribution in [2.24, 2.45) is 0 Å². The van der Waals surface area contributed by atoms with Crippen molar-refractivity contribution in [3.05, 3.63) is 71.2 Å². The average Bonchev–Trinajstić information content (AvgIpc) is 2.68. The molecule has 0 saturated carbocycles. The number of amides is 1. The zero-order valence-corrected chi connectivity index (χ0v) is 15.1. The summed E-state index contributed by atoms with van der Waals surface area (Å²) in [7, 11) is 0. The molecule has 5 nitrogen and oxygen atoms in total. The zero-order valence-electron chi connectivity index (χ0n) is 13.5. The first-order chi connectivity index (χ1) is 12.6. The van der Waals surface area contributed by atoms with E-state index in [4.69, 9.17) is 16.9 Å². The summed E-state index contributed by atoms with van der Waals surface area (Å²) in [6.45, 7) is 0. The summed E-state index contributed by atoms with van der Waals surface area (Å²) in [5, 5.41) is 21.2. The molecule has 0 atom stereocenters. The van der Waals surface area contributed by atoms with Crippen LogP contribution >= 0.6 is 23.4 Å². The molecule has 26 heavy (non-hydrogen) atoms. The van der Waals surface area contributed by atoms with Gasteiger partial charge in [-0.1, -0.05) is 35.5 Å². The van der Waals surface area contributed by atoms with Crippen molar-refractivity contribution in [1.82, 2.24) is 10.2 Å². The number of nitrogens with zero attached hydrogens (tertiary/aromatic N) is 3. The summed E-state index contributed by atoms with van der Waals surface area (Å²) >= 11 is 7.18. The van der Waals surface area contributed by atoms with Crippen molar-refractivity contribution in [3.8, 4) is 17.3 Å². The lowest BCUT2D eigenvalue weighted by Gasteiger charge is -2.05. The molecule has 0 unspecified atom stereocenters. The number of carbonyl (C=O) groups is 1. The van der Waals surface area contributed by atoms with E-state index in [0.29, 0.717) is 21.3 Å². The Balaban J connectivity index is 1.54. The van der Waals surface area contributed by atoms with Gasteiger partial charge in [-0.25, -0.2) is 0 Å². The number of carbonyl (C=O) groups excluding carboxylic acids is 1. The smallest absolute Gasteiger partial charge is 0.234 e. The van der Waals surface area contributed by atoms with Gasteiger partial charge >= 0.3 is 0 Å². The van der Waals surface area contributed by atoms with Gasteiger partial charge in [-0.3, -0.25) is 4.79 Å². The maximum atomic E-state index is 12.0. The molecule has 0 aliphatic heterocycles. The van der Waals surface area contributed by atoms with Crippen LogP contribution in [0.1, 0.15) is 5.56 Å². The highest BCUT2D eigenvalue weighted by Crippen LogP contribution is 2.21. The van der Waals surface area contributed by atoms with E-state index in [1.165, 1.54) is 11.8 Å². The van der Waals surface area contributed by atoms with Crippen molar-refractivity contribution in [2.75, 3.05) is 11.1 Å². The molecule has 1 N–H and O–H groups in total. The largest absolute Gasteiger partial charge is 0.325 e. The molecule has 0 fully saturated rings. The van der Waals surface area contributed by atoms with Crippen LogP contribution in [0.25, 0.3) is 11.3 Å². The monoisotopic (exact) mass is 380 g/mol. The molecule has 0 aliphatic carbocycles. The molecule has 1 aromatic heterocycles. The summed E-state index contributed by atoms with van der Waals surface area (Å²) in [5.74, 6) is 0.0675. The van der Waals surface area contributed by atoms with Crippen LogP contribution in [-0.4, -0.2) is 21.9 Å². The Morgan fingerprint density at radius 3 is 2.38 bits per heavy atom. The highest BCUT2D eigenvalue weighted by Gasteiger charge is 2.06. The normalized spacial score (nSPS) is 10.2. The van der Waals surface area contributed by atoms with E-state index in [1.54, 1.807) is 36.4 Å². The van der Waals surface area contributed by atoms with Gasteiger partial charge in [-0.05, 0) is 48.5 Å². The van der Waals surface area contributed by atoms with Crippen molar-refractivity contribution in [1.29, 1.82) is 5.26 Å². The van der Waals surface area contributed by atoms with Gasteiger partial charge in [0, 0.05) is 16.3 Å². The van der Waals surface area contributed by atoms with Crippen LogP contribution in [0.4, 0.5) is 5.69 Å². The minimum absolute atomic E-state index is 0.150. The van der Waals surface area contributed by atoms with Crippen LogP contribution in [0.15, 0.2) is 65.7 Å². The van der Waals surface area contributed by atoms with Crippen molar-refractivity contribution >= 4 is 35.0 Å². The van der Waals surface area contributed by atoms with Crippen LogP contribution in [0.5, 0.6) is 0 Å². The fourth-order valence-corrected chi connectivity index (χ4v) is 2.88. The topological polar surface area (TPSA) is 78.7 Å². The number of benzene rings is 2. The number of nitriles is 1. The number of nitrogens with one attached hydrogen (secondary N) is 1. The predicted octanol–water partition coefficient (Wildman–Crippen LogP) is 4.40. The van der Waals surface area contributed by atoms with Crippen LogP contribution in [-0.2, 0) is 4.79 Å². The number of hydrogen-bond acceptors (Lipinski definition) is 5. The van der Waals surface area contributed by atoms with Gasteiger partial charge in [0.2, 0.25) is 5.91 Å². The first kappa shape index (κ1) is 17.9. The fourth-order valence-electron chi connectivity index (χ4n) is 2.14. The van der Waals surface area contributed by atoms with E-state index in [-0.39, 0.29) is 11.7 Å². The van der Waals surface area contributed by atoms with Crippen LogP contribution in [0.2, 0.25) is 5.02 Å². The maximum absolute atomic E-state index is 12.0. The molecule has 0 aliphatic rings. The van der Waals surface area contributed by atoms with Crippen LogP contribution in [0, 0.1) is 11.3 Å². The third-order valence-electron chi connectivity index (χ3n) is 3.43. The van der Waals surface area contributed by atoms with Gasteiger partial charge in [-0.15, -0.1) is 10.2 Å². The second-order valence-corrected chi connectivity index (χ2v) is 6.72. The highest BCUT2D eigenvalue weighted by molar-refractivity contribution is 7.99. The number of thioether (sulfide) groups is 1. The Morgan fingerprint density at radius 2 is 1.77 bits per heavy atom. The molecular formula is C19H13ClN4OS. The zero-order chi connectivity index (χ0) is 18.4.